The maximum absolute atomic E-state index is 4.57. The highest BCUT2D eigenvalue weighted by Crippen LogP contribution is 2.28. The van der Waals surface area contributed by atoms with Gasteiger partial charge < -0.3 is 14.5 Å². The van der Waals surface area contributed by atoms with Crippen LogP contribution in [-0.2, 0) is 13.6 Å². The summed E-state index contributed by atoms with van der Waals surface area (Å²) in [6, 6.07) is 0.741. The second-order valence-electron chi connectivity index (χ2n) is 7.45. The first-order valence-corrected chi connectivity index (χ1v) is 9.53. The Balaban J connectivity index is 1.47. The summed E-state index contributed by atoms with van der Waals surface area (Å²) in [5.74, 6) is 3.67. The molecule has 4 heterocycles. The van der Waals surface area contributed by atoms with Crippen LogP contribution in [0.3, 0.4) is 0 Å². The van der Waals surface area contributed by atoms with Crippen molar-refractivity contribution in [1.29, 1.82) is 0 Å². The number of nitrogens with one attached hydrogen (secondary N) is 1. The Morgan fingerprint density at radius 1 is 1.20 bits per heavy atom. The maximum Gasteiger partial charge on any atom is 0.152 e. The third-order valence-electron chi connectivity index (χ3n) is 5.88. The van der Waals surface area contributed by atoms with Crippen molar-refractivity contribution in [3.63, 3.8) is 0 Å². The largest absolute Gasteiger partial charge is 0.328 e. The fraction of sp³-hybridized carbons (Fsp3) is 0.722. The summed E-state index contributed by atoms with van der Waals surface area (Å²) in [7, 11) is 2.11. The van der Waals surface area contributed by atoms with Gasteiger partial charge in [0.15, 0.2) is 5.82 Å². The molecular formula is C18H29N7. The fourth-order valence-corrected chi connectivity index (χ4v) is 4.31. The first-order chi connectivity index (χ1) is 12.2. The van der Waals surface area contributed by atoms with Crippen LogP contribution in [0.4, 0.5) is 0 Å². The van der Waals surface area contributed by atoms with Gasteiger partial charge in [-0.3, -0.25) is 4.90 Å². The summed E-state index contributed by atoms with van der Waals surface area (Å²) in [6.45, 7) is 7.44. The van der Waals surface area contributed by atoms with Crippen LogP contribution < -0.4 is 5.32 Å². The average molecular weight is 343 g/mol. The number of hydrogen-bond donors (Lipinski definition) is 1. The van der Waals surface area contributed by atoms with Gasteiger partial charge >= 0.3 is 0 Å². The van der Waals surface area contributed by atoms with E-state index in [9.17, 15) is 0 Å². The van der Waals surface area contributed by atoms with Crippen LogP contribution >= 0.6 is 0 Å². The number of hydrogen-bond acceptors (Lipinski definition) is 5. The second-order valence-corrected chi connectivity index (χ2v) is 7.45. The minimum atomic E-state index is 0.499. The average Bonchev–Trinajstić information content (AvgIpc) is 3.22. The highest BCUT2D eigenvalue weighted by atomic mass is 15.3. The zero-order valence-electron chi connectivity index (χ0n) is 15.4. The van der Waals surface area contributed by atoms with Crippen molar-refractivity contribution in [3.8, 4) is 0 Å². The smallest absolute Gasteiger partial charge is 0.152 e. The van der Waals surface area contributed by atoms with Gasteiger partial charge in [0.2, 0.25) is 0 Å². The van der Waals surface area contributed by atoms with Crippen molar-refractivity contribution in [2.24, 2.45) is 7.05 Å². The highest BCUT2D eigenvalue weighted by molar-refractivity contribution is 5.06. The van der Waals surface area contributed by atoms with E-state index in [4.69, 9.17) is 0 Å². The van der Waals surface area contributed by atoms with E-state index in [0.717, 1.165) is 49.7 Å². The van der Waals surface area contributed by atoms with Gasteiger partial charge in [0.25, 0.3) is 0 Å². The van der Waals surface area contributed by atoms with Gasteiger partial charge in [-0.15, -0.1) is 10.2 Å². The van der Waals surface area contributed by atoms with Crippen LogP contribution in [0.25, 0.3) is 0 Å². The predicted octanol–water partition coefficient (Wildman–Crippen LogP) is 1.30. The first kappa shape index (κ1) is 16.7. The Hall–Kier alpha value is -1.73. The van der Waals surface area contributed by atoms with Gasteiger partial charge in [-0.05, 0) is 52.2 Å². The van der Waals surface area contributed by atoms with E-state index in [-0.39, 0.29) is 0 Å². The lowest BCUT2D eigenvalue weighted by Crippen LogP contribution is -2.47. The molecule has 7 nitrogen and oxygen atoms in total. The number of aryl methyl sites for hydroxylation is 1. The van der Waals surface area contributed by atoms with E-state index in [0.29, 0.717) is 5.92 Å². The number of piperidine rings is 2. The summed E-state index contributed by atoms with van der Waals surface area (Å²) < 4.78 is 4.33. The minimum absolute atomic E-state index is 0.499. The number of rotatable bonds is 4. The van der Waals surface area contributed by atoms with E-state index in [2.05, 4.69) is 41.6 Å². The molecule has 136 valence electrons. The summed E-state index contributed by atoms with van der Waals surface area (Å²) in [4.78, 5) is 6.99. The van der Waals surface area contributed by atoms with E-state index >= 15 is 0 Å². The molecule has 4 rings (SSSR count). The Morgan fingerprint density at radius 3 is 2.80 bits per heavy atom. The summed E-state index contributed by atoms with van der Waals surface area (Å²) in [5, 5.41) is 12.5. The molecule has 0 spiro atoms. The Bertz CT molecular complexity index is 698. The third kappa shape index (κ3) is 3.48. The van der Waals surface area contributed by atoms with E-state index in [1.165, 1.54) is 32.2 Å². The summed E-state index contributed by atoms with van der Waals surface area (Å²) >= 11 is 0. The number of nitrogens with zero attached hydrogens (tertiary/aromatic N) is 6. The molecular weight excluding hydrogens is 314 g/mol. The van der Waals surface area contributed by atoms with Gasteiger partial charge in [0, 0.05) is 37.9 Å². The Kier molecular flexibility index (Phi) is 4.85. The molecule has 0 saturated carbocycles. The standard InChI is InChI=1S/C18H29N7/c1-14-20-9-11-24(14)13-17-21-22-18(23(17)2)15-4-3-10-25(12-15)16-5-7-19-8-6-16/h9,11,15-16,19H,3-8,10,12-13H2,1-2H3/t15-/m1/s1. The second kappa shape index (κ2) is 7.25. The van der Waals surface area contributed by atoms with Gasteiger partial charge in [0.05, 0.1) is 6.54 Å². The maximum atomic E-state index is 4.57. The lowest BCUT2D eigenvalue weighted by Gasteiger charge is -2.39. The molecule has 2 fully saturated rings. The van der Waals surface area contributed by atoms with E-state index in [1.54, 1.807) is 0 Å². The van der Waals surface area contributed by atoms with Crippen molar-refractivity contribution in [2.75, 3.05) is 26.2 Å². The van der Waals surface area contributed by atoms with Crippen molar-refractivity contribution in [3.05, 3.63) is 29.9 Å². The van der Waals surface area contributed by atoms with Gasteiger partial charge in [-0.2, -0.15) is 0 Å². The van der Waals surface area contributed by atoms with Crippen molar-refractivity contribution >= 4 is 0 Å². The third-order valence-corrected chi connectivity index (χ3v) is 5.88. The molecule has 7 heteroatoms. The van der Waals surface area contributed by atoms with Crippen LogP contribution in [0.1, 0.15) is 49.1 Å². The van der Waals surface area contributed by atoms with Gasteiger partial charge in [-0.1, -0.05) is 0 Å². The molecule has 0 amide bonds. The summed E-state index contributed by atoms with van der Waals surface area (Å²) in [6.07, 6.45) is 8.87. The molecule has 2 saturated heterocycles. The SMILES string of the molecule is Cc1nccn1Cc1nnc([C@@H]2CCCN(C3CCNCC3)C2)n1C. The molecule has 1 atom stereocenters. The monoisotopic (exact) mass is 343 g/mol. The molecule has 0 unspecified atom stereocenters. The molecule has 2 aromatic rings. The normalized spacial score (nSPS) is 23.2. The molecule has 0 aliphatic carbocycles. The minimum Gasteiger partial charge on any atom is -0.328 e. The molecule has 2 aliphatic rings. The Morgan fingerprint density at radius 2 is 2.04 bits per heavy atom. The van der Waals surface area contributed by atoms with Crippen LogP contribution in [0.2, 0.25) is 0 Å². The van der Waals surface area contributed by atoms with Crippen molar-refractivity contribution < 1.29 is 0 Å². The molecule has 0 bridgehead atoms. The number of imidazole rings is 1. The zero-order chi connectivity index (χ0) is 17.2. The number of likely N-dealkylation sites (tertiary alicyclic amines) is 1. The quantitative estimate of drug-likeness (QED) is 0.907. The van der Waals surface area contributed by atoms with Crippen LogP contribution in [0, 0.1) is 6.92 Å². The predicted molar refractivity (Wildman–Crippen MR) is 96.5 cm³/mol. The van der Waals surface area contributed by atoms with Crippen molar-refractivity contribution in [2.45, 2.75) is 51.1 Å². The zero-order valence-corrected chi connectivity index (χ0v) is 15.4. The van der Waals surface area contributed by atoms with Crippen molar-refractivity contribution in [1.82, 2.24) is 34.5 Å². The first-order valence-electron chi connectivity index (χ1n) is 9.53. The van der Waals surface area contributed by atoms with Crippen LogP contribution in [0.5, 0.6) is 0 Å². The molecule has 25 heavy (non-hydrogen) atoms. The number of aromatic nitrogens is 5. The molecule has 0 radical (unpaired) electrons. The highest BCUT2D eigenvalue weighted by Gasteiger charge is 2.30. The molecule has 2 aliphatic heterocycles. The van der Waals surface area contributed by atoms with E-state index in [1.807, 2.05) is 19.3 Å². The topological polar surface area (TPSA) is 63.8 Å². The molecule has 2 aromatic heterocycles. The molecule has 1 N–H and O–H groups in total. The van der Waals surface area contributed by atoms with Crippen LogP contribution in [-0.4, -0.2) is 61.4 Å². The summed E-state index contributed by atoms with van der Waals surface area (Å²) in [5.41, 5.74) is 0. The van der Waals surface area contributed by atoms with Gasteiger partial charge in [-0.25, -0.2) is 4.98 Å². The Labute approximate surface area is 149 Å². The lowest BCUT2D eigenvalue weighted by molar-refractivity contribution is 0.120. The lowest BCUT2D eigenvalue weighted by atomic mass is 9.93. The van der Waals surface area contributed by atoms with E-state index < -0.39 is 0 Å². The molecule has 0 aromatic carbocycles. The van der Waals surface area contributed by atoms with Gasteiger partial charge in [0.1, 0.15) is 11.6 Å². The fourth-order valence-electron chi connectivity index (χ4n) is 4.31. The van der Waals surface area contributed by atoms with Crippen LogP contribution in [0.15, 0.2) is 12.4 Å².